The van der Waals surface area contributed by atoms with Gasteiger partial charge in [-0.05, 0) is 35.8 Å². The molecule has 6 heteroatoms. The summed E-state index contributed by atoms with van der Waals surface area (Å²) < 4.78 is 5.22. The smallest absolute Gasteiger partial charge is 0.258 e. The van der Waals surface area contributed by atoms with E-state index in [4.69, 9.17) is 4.52 Å². The highest BCUT2D eigenvalue weighted by Gasteiger charge is 2.37. The molecular formula is C11H12N2O2S2. The normalized spacial score (nSPS) is 19.4. The molecule has 90 valence electrons. The number of aliphatic hydroxyl groups is 1. The molecule has 0 atom stereocenters. The van der Waals surface area contributed by atoms with Crippen LogP contribution in [0.2, 0.25) is 0 Å². The van der Waals surface area contributed by atoms with Gasteiger partial charge in [0.05, 0.1) is 0 Å². The van der Waals surface area contributed by atoms with E-state index >= 15 is 0 Å². The van der Waals surface area contributed by atoms with E-state index in [1.165, 1.54) is 0 Å². The van der Waals surface area contributed by atoms with E-state index in [0.29, 0.717) is 24.6 Å². The first-order chi connectivity index (χ1) is 8.28. The predicted octanol–water partition coefficient (Wildman–Crippen LogP) is 2.51. The van der Waals surface area contributed by atoms with E-state index in [1.807, 2.05) is 28.6 Å². The van der Waals surface area contributed by atoms with Crippen LogP contribution >= 0.6 is 23.1 Å². The number of thioether (sulfide) groups is 1. The molecule has 0 aliphatic carbocycles. The van der Waals surface area contributed by atoms with Gasteiger partial charge in [-0.1, -0.05) is 5.16 Å². The Morgan fingerprint density at radius 2 is 2.18 bits per heavy atom. The van der Waals surface area contributed by atoms with Gasteiger partial charge < -0.3 is 9.63 Å². The highest BCUT2D eigenvalue weighted by Crippen LogP contribution is 2.35. The first-order valence-corrected chi connectivity index (χ1v) is 7.55. The zero-order chi connectivity index (χ0) is 11.7. The molecule has 0 radical (unpaired) electrons. The van der Waals surface area contributed by atoms with Crippen LogP contribution in [-0.2, 0) is 5.60 Å². The topological polar surface area (TPSA) is 59.2 Å². The zero-order valence-corrected chi connectivity index (χ0v) is 10.8. The number of thiophene rings is 1. The summed E-state index contributed by atoms with van der Waals surface area (Å²) in [6, 6.07) is 1.94. The van der Waals surface area contributed by atoms with Gasteiger partial charge in [0.1, 0.15) is 5.60 Å². The van der Waals surface area contributed by atoms with Crippen LogP contribution in [0.4, 0.5) is 0 Å². The van der Waals surface area contributed by atoms with Crippen molar-refractivity contribution in [1.82, 2.24) is 10.1 Å². The lowest BCUT2D eigenvalue weighted by atomic mass is 9.97. The third-order valence-corrected chi connectivity index (χ3v) is 4.59. The molecule has 0 bridgehead atoms. The number of hydrogen-bond donors (Lipinski definition) is 1. The summed E-state index contributed by atoms with van der Waals surface area (Å²) in [5.74, 6) is 2.80. The monoisotopic (exact) mass is 268 g/mol. The third-order valence-electron chi connectivity index (χ3n) is 2.92. The second kappa shape index (κ2) is 4.44. The Balaban J connectivity index is 1.89. The van der Waals surface area contributed by atoms with Gasteiger partial charge >= 0.3 is 0 Å². The van der Waals surface area contributed by atoms with Gasteiger partial charge in [-0.25, -0.2) is 0 Å². The Morgan fingerprint density at radius 3 is 2.88 bits per heavy atom. The second-order valence-corrected chi connectivity index (χ2v) is 6.08. The molecule has 1 fully saturated rings. The van der Waals surface area contributed by atoms with Crippen molar-refractivity contribution in [3.05, 3.63) is 22.7 Å². The molecule has 3 rings (SSSR count). The average molecular weight is 268 g/mol. The van der Waals surface area contributed by atoms with E-state index in [-0.39, 0.29) is 0 Å². The molecule has 1 saturated heterocycles. The summed E-state index contributed by atoms with van der Waals surface area (Å²) >= 11 is 3.44. The molecule has 2 aromatic heterocycles. The first kappa shape index (κ1) is 11.3. The van der Waals surface area contributed by atoms with Crippen molar-refractivity contribution in [1.29, 1.82) is 0 Å². The quantitative estimate of drug-likeness (QED) is 0.907. The SMILES string of the molecule is OC1(c2nc(-c3ccsc3)no2)CCSCC1. The molecule has 0 unspecified atom stereocenters. The van der Waals surface area contributed by atoms with Gasteiger partial charge in [0.15, 0.2) is 0 Å². The van der Waals surface area contributed by atoms with Gasteiger partial charge in [0, 0.05) is 10.9 Å². The lowest BCUT2D eigenvalue weighted by molar-refractivity contribution is -0.00351. The zero-order valence-electron chi connectivity index (χ0n) is 9.13. The molecule has 3 heterocycles. The molecule has 0 spiro atoms. The molecular weight excluding hydrogens is 256 g/mol. The van der Waals surface area contributed by atoms with Crippen molar-refractivity contribution < 1.29 is 9.63 Å². The van der Waals surface area contributed by atoms with Crippen molar-refractivity contribution >= 4 is 23.1 Å². The summed E-state index contributed by atoms with van der Waals surface area (Å²) in [6.07, 6.45) is 1.37. The predicted molar refractivity (Wildman–Crippen MR) is 68.1 cm³/mol. The highest BCUT2D eigenvalue weighted by molar-refractivity contribution is 7.99. The Labute approximate surface area is 107 Å². The van der Waals surface area contributed by atoms with E-state index < -0.39 is 5.60 Å². The fraction of sp³-hybridized carbons (Fsp3) is 0.455. The molecule has 1 N–H and O–H groups in total. The van der Waals surface area contributed by atoms with Crippen LogP contribution in [0.25, 0.3) is 11.4 Å². The highest BCUT2D eigenvalue weighted by atomic mass is 32.2. The molecule has 17 heavy (non-hydrogen) atoms. The maximum absolute atomic E-state index is 10.4. The van der Waals surface area contributed by atoms with Crippen LogP contribution in [0.15, 0.2) is 21.3 Å². The number of nitrogens with zero attached hydrogens (tertiary/aromatic N) is 2. The van der Waals surface area contributed by atoms with Crippen molar-refractivity contribution in [3.63, 3.8) is 0 Å². The number of hydrogen-bond acceptors (Lipinski definition) is 6. The fourth-order valence-corrected chi connectivity index (χ4v) is 3.65. The average Bonchev–Trinajstić information content (AvgIpc) is 3.01. The molecule has 1 aliphatic heterocycles. The first-order valence-electron chi connectivity index (χ1n) is 5.45. The van der Waals surface area contributed by atoms with Crippen molar-refractivity contribution in [2.75, 3.05) is 11.5 Å². The molecule has 2 aromatic rings. The lowest BCUT2D eigenvalue weighted by Crippen LogP contribution is -2.30. The minimum atomic E-state index is -0.924. The maximum Gasteiger partial charge on any atom is 0.258 e. The Morgan fingerprint density at radius 1 is 1.35 bits per heavy atom. The Hall–Kier alpha value is -0.850. The molecule has 4 nitrogen and oxygen atoms in total. The number of rotatable bonds is 2. The fourth-order valence-electron chi connectivity index (χ4n) is 1.84. The van der Waals surface area contributed by atoms with E-state index in [9.17, 15) is 5.11 Å². The maximum atomic E-state index is 10.4. The van der Waals surface area contributed by atoms with Gasteiger partial charge in [-0.2, -0.15) is 28.1 Å². The van der Waals surface area contributed by atoms with Crippen molar-refractivity contribution in [2.24, 2.45) is 0 Å². The van der Waals surface area contributed by atoms with Crippen LogP contribution in [-0.4, -0.2) is 26.8 Å². The molecule has 0 saturated carbocycles. The minimum absolute atomic E-state index is 0.360. The largest absolute Gasteiger partial charge is 0.380 e. The van der Waals surface area contributed by atoms with Crippen molar-refractivity contribution in [2.45, 2.75) is 18.4 Å². The van der Waals surface area contributed by atoms with Gasteiger partial charge in [0.25, 0.3) is 5.89 Å². The van der Waals surface area contributed by atoms with Crippen LogP contribution in [0.3, 0.4) is 0 Å². The van der Waals surface area contributed by atoms with Gasteiger partial charge in [-0.15, -0.1) is 0 Å². The van der Waals surface area contributed by atoms with Crippen LogP contribution < -0.4 is 0 Å². The van der Waals surface area contributed by atoms with E-state index in [2.05, 4.69) is 10.1 Å². The molecule has 1 aliphatic rings. The summed E-state index contributed by atoms with van der Waals surface area (Å²) in [7, 11) is 0. The van der Waals surface area contributed by atoms with Crippen molar-refractivity contribution in [3.8, 4) is 11.4 Å². The molecule has 0 aromatic carbocycles. The lowest BCUT2D eigenvalue weighted by Gasteiger charge is -2.27. The summed E-state index contributed by atoms with van der Waals surface area (Å²) in [5, 5.41) is 18.3. The summed E-state index contributed by atoms with van der Waals surface area (Å²) in [5.41, 5.74) is 0.0192. The Kier molecular flexibility index (Phi) is 2.94. The summed E-state index contributed by atoms with van der Waals surface area (Å²) in [6.45, 7) is 0. The van der Waals surface area contributed by atoms with Crippen LogP contribution in [0.1, 0.15) is 18.7 Å². The third kappa shape index (κ3) is 2.12. The molecule has 0 amide bonds. The van der Waals surface area contributed by atoms with Crippen LogP contribution in [0, 0.1) is 0 Å². The second-order valence-electron chi connectivity index (χ2n) is 4.08. The Bertz CT molecular complexity index is 489. The minimum Gasteiger partial charge on any atom is -0.380 e. The van der Waals surface area contributed by atoms with Crippen LogP contribution in [0.5, 0.6) is 0 Å². The number of aromatic nitrogens is 2. The van der Waals surface area contributed by atoms with Gasteiger partial charge in [-0.3, -0.25) is 0 Å². The standard InChI is InChI=1S/C11H12N2O2S2/c14-11(2-5-16-6-3-11)10-12-9(13-15-10)8-1-4-17-7-8/h1,4,7,14H,2-3,5-6H2. The summed E-state index contributed by atoms with van der Waals surface area (Å²) in [4.78, 5) is 4.32. The van der Waals surface area contributed by atoms with Gasteiger partial charge in [0.2, 0.25) is 5.82 Å². The van der Waals surface area contributed by atoms with E-state index in [1.54, 1.807) is 11.3 Å². The van der Waals surface area contributed by atoms with E-state index in [0.717, 1.165) is 17.1 Å².